The number of aromatic nitrogens is 2. The summed E-state index contributed by atoms with van der Waals surface area (Å²) in [5.41, 5.74) is 14.7. The van der Waals surface area contributed by atoms with Crippen LogP contribution in [0.5, 0.6) is 0 Å². The molecule has 5 nitrogen and oxygen atoms in total. The van der Waals surface area contributed by atoms with E-state index < -0.39 is 8.07 Å². The molecule has 0 amide bonds. The molecule has 6 heteroatoms. The van der Waals surface area contributed by atoms with E-state index in [2.05, 4.69) is 119 Å². The van der Waals surface area contributed by atoms with Gasteiger partial charge in [-0.05, 0) is 97.2 Å². The van der Waals surface area contributed by atoms with Crippen molar-refractivity contribution in [3.63, 3.8) is 0 Å². The molecule has 6 aromatic rings. The minimum Gasteiger partial charge on any atom is -0.437 e. The van der Waals surface area contributed by atoms with E-state index in [0.717, 1.165) is 69.2 Å². The Hall–Kier alpha value is -5.38. The maximum absolute atomic E-state index is 10.6. The molecular weight excluding hydrogens is 665 g/mol. The molecule has 0 bridgehead atoms. The lowest BCUT2D eigenvalue weighted by Gasteiger charge is -2.32. The van der Waals surface area contributed by atoms with Gasteiger partial charge in [-0.1, -0.05) is 83.0 Å². The number of nitriles is 1. The first-order valence-corrected chi connectivity index (χ1v) is 22.3. The molecule has 53 heavy (non-hydrogen) atoms. The van der Waals surface area contributed by atoms with Crippen LogP contribution >= 0.6 is 0 Å². The molecule has 2 aliphatic rings. The molecule has 2 atom stereocenters. The number of pyridine rings is 2. The van der Waals surface area contributed by atoms with E-state index >= 15 is 0 Å². The first-order chi connectivity index (χ1) is 25.4. The zero-order chi connectivity index (χ0) is 37.3. The van der Waals surface area contributed by atoms with Crippen LogP contribution in [0.25, 0.3) is 44.6 Å². The van der Waals surface area contributed by atoms with Gasteiger partial charge in [0.1, 0.15) is 11.3 Å². The number of allylic oxidation sites excluding steroid dienone is 2. The minimum atomic E-state index is -1.72. The molecule has 2 unspecified atom stereocenters. The van der Waals surface area contributed by atoms with Crippen LogP contribution in [0.1, 0.15) is 71.2 Å². The molecule has 0 saturated heterocycles. The van der Waals surface area contributed by atoms with Gasteiger partial charge < -0.3 is 4.42 Å². The molecule has 0 fully saturated rings. The molecule has 0 aliphatic carbocycles. The Balaban J connectivity index is 1.36. The van der Waals surface area contributed by atoms with E-state index in [9.17, 15) is 5.26 Å². The average molecular weight is 712 g/mol. The molecule has 3 aromatic carbocycles. The van der Waals surface area contributed by atoms with Gasteiger partial charge in [-0.25, -0.2) is 9.98 Å². The highest BCUT2D eigenvalue weighted by atomic mass is 28.3. The zero-order valence-corrected chi connectivity index (χ0v) is 33.0. The largest absolute Gasteiger partial charge is 0.437 e. The van der Waals surface area contributed by atoms with Gasteiger partial charge in [-0.2, -0.15) is 9.83 Å². The molecular formula is C47H47N4OSi+. The summed E-state index contributed by atoms with van der Waals surface area (Å²) in [6.45, 7) is 25.2. The first kappa shape index (κ1) is 34.7. The van der Waals surface area contributed by atoms with Crippen LogP contribution in [0.3, 0.4) is 0 Å². The van der Waals surface area contributed by atoms with Crippen LogP contribution in [0.4, 0.5) is 0 Å². The van der Waals surface area contributed by atoms with Crippen molar-refractivity contribution >= 4 is 41.0 Å². The fourth-order valence-electron chi connectivity index (χ4n) is 9.01. The number of benzene rings is 3. The molecule has 0 radical (unpaired) electrons. The lowest BCUT2D eigenvalue weighted by molar-refractivity contribution is -0.708. The van der Waals surface area contributed by atoms with Crippen molar-refractivity contribution in [2.45, 2.75) is 78.6 Å². The highest BCUT2D eigenvalue weighted by Gasteiger charge is 2.44. The second kappa shape index (κ2) is 12.9. The van der Waals surface area contributed by atoms with Crippen LogP contribution in [-0.4, -0.2) is 18.8 Å². The summed E-state index contributed by atoms with van der Waals surface area (Å²) in [6, 6.07) is 26.2. The first-order valence-electron chi connectivity index (χ1n) is 18.8. The van der Waals surface area contributed by atoms with Crippen molar-refractivity contribution in [1.82, 2.24) is 4.98 Å². The topological polar surface area (TPSA) is 66.1 Å². The molecule has 0 spiro atoms. The average Bonchev–Trinajstić information content (AvgIpc) is 3.52. The van der Waals surface area contributed by atoms with E-state index in [0.29, 0.717) is 28.5 Å². The summed E-state index contributed by atoms with van der Waals surface area (Å²) in [4.78, 5) is 10.4. The quantitative estimate of drug-likeness (QED) is 0.132. The molecule has 3 aromatic heterocycles. The van der Waals surface area contributed by atoms with Gasteiger partial charge in [0.25, 0.3) is 0 Å². The van der Waals surface area contributed by atoms with E-state index in [1.54, 1.807) is 0 Å². The highest BCUT2D eigenvalue weighted by molar-refractivity contribution is 6.89. The van der Waals surface area contributed by atoms with Gasteiger partial charge in [0, 0.05) is 38.7 Å². The molecule has 0 N–H and O–H groups in total. The van der Waals surface area contributed by atoms with Crippen LogP contribution in [-0.2, 0) is 12.8 Å². The van der Waals surface area contributed by atoms with Crippen LogP contribution < -0.4 is 9.75 Å². The number of hydrogen-bond acceptors (Lipinski definition) is 4. The number of hydrogen-bond donors (Lipinski definition) is 0. The van der Waals surface area contributed by atoms with Crippen LogP contribution in [0.2, 0.25) is 19.6 Å². The second-order valence-electron chi connectivity index (χ2n) is 16.4. The van der Waals surface area contributed by atoms with Gasteiger partial charge in [0.15, 0.2) is 6.20 Å². The number of aliphatic imine (C=N–C) groups is 1. The summed E-state index contributed by atoms with van der Waals surface area (Å²) in [5, 5.41) is 13.7. The number of fused-ring (bicyclic) bond motifs is 11. The number of rotatable bonds is 5. The molecule has 0 saturated carbocycles. The molecule has 5 heterocycles. The third-order valence-corrected chi connectivity index (χ3v) is 13.4. The fraction of sp³-hybridized carbons (Fsp3) is 0.277. The second-order valence-corrected chi connectivity index (χ2v) is 21.5. The predicted molar refractivity (Wildman–Crippen MR) is 221 cm³/mol. The maximum Gasteiger partial charge on any atom is 0.227 e. The summed E-state index contributed by atoms with van der Waals surface area (Å²) < 4.78 is 9.24. The summed E-state index contributed by atoms with van der Waals surface area (Å²) in [5.74, 6) is 0.681. The van der Waals surface area contributed by atoms with Gasteiger partial charge in [0.05, 0.1) is 37.0 Å². The summed E-state index contributed by atoms with van der Waals surface area (Å²) in [7, 11) is -1.72. The van der Waals surface area contributed by atoms with E-state index in [1.807, 2.05) is 24.3 Å². The molecule has 2 aliphatic heterocycles. The smallest absolute Gasteiger partial charge is 0.227 e. The fourth-order valence-corrected chi connectivity index (χ4v) is 10.7. The Kier molecular flexibility index (Phi) is 8.46. The van der Waals surface area contributed by atoms with Crippen molar-refractivity contribution in [1.29, 1.82) is 5.26 Å². The van der Waals surface area contributed by atoms with Gasteiger partial charge in [0.2, 0.25) is 17.4 Å². The Labute approximate surface area is 314 Å². The SMILES string of the molecule is C=C/C1=N/C(=C)C2C(CCc3cc(C#N)c4c(oc5nc(-c6c(C)cccc6C)ccc54)c31)c1ccccc1-c1cc(CC(C)C)c([Si](C)(C)C)c[n+]12. The van der Waals surface area contributed by atoms with Crippen LogP contribution in [0, 0.1) is 31.1 Å². The predicted octanol–water partition coefficient (Wildman–Crippen LogP) is 10.6. The van der Waals surface area contributed by atoms with Crippen molar-refractivity contribution in [3.8, 4) is 28.6 Å². The third-order valence-electron chi connectivity index (χ3n) is 11.3. The zero-order valence-electron chi connectivity index (χ0n) is 32.0. The normalized spacial score (nSPS) is 17.9. The lowest BCUT2D eigenvalue weighted by atomic mass is 9.78. The van der Waals surface area contributed by atoms with E-state index in [1.165, 1.54) is 27.6 Å². The van der Waals surface area contributed by atoms with Crippen LogP contribution in [0.15, 0.2) is 107 Å². The van der Waals surface area contributed by atoms with E-state index in [4.69, 9.17) is 21.0 Å². The lowest BCUT2D eigenvalue weighted by Crippen LogP contribution is -2.54. The van der Waals surface area contributed by atoms with E-state index in [-0.39, 0.29) is 12.0 Å². The number of nitrogens with zero attached hydrogens (tertiary/aromatic N) is 4. The monoisotopic (exact) mass is 711 g/mol. The Morgan fingerprint density at radius 3 is 2.47 bits per heavy atom. The van der Waals surface area contributed by atoms with Gasteiger partial charge >= 0.3 is 0 Å². The molecule has 8 rings (SSSR count). The molecule has 264 valence electrons. The van der Waals surface area contributed by atoms with Gasteiger partial charge in [-0.15, -0.1) is 0 Å². The third kappa shape index (κ3) is 5.70. The van der Waals surface area contributed by atoms with Crippen molar-refractivity contribution in [3.05, 3.63) is 137 Å². The number of furan rings is 1. The Morgan fingerprint density at radius 1 is 1.02 bits per heavy atom. The highest BCUT2D eigenvalue weighted by Crippen LogP contribution is 2.46. The Bertz CT molecular complexity index is 2570. The summed E-state index contributed by atoms with van der Waals surface area (Å²) in [6.07, 6.45) is 6.91. The standard InChI is InChI=1S/C47H47N4OSi/c1-10-38-44-31(23-33(25-48)43-37-20-21-39(50-47(37)52-46(43)44)42-28(4)14-13-15-29(42)5)18-19-36-34-16-11-12-17-35(34)40-24-32(22-27(2)3)41(53(7,8)9)26-51(40)45(36)30(6)49-38/h10-17,20-21,23-24,26-27,36,45H,1,6,18-19,22H2,2-5,7-9H3/q+1/b49-38-. The summed E-state index contributed by atoms with van der Waals surface area (Å²) >= 11 is 0. The van der Waals surface area contributed by atoms with Crippen molar-refractivity contribution < 1.29 is 8.98 Å². The van der Waals surface area contributed by atoms with Crippen molar-refractivity contribution in [2.24, 2.45) is 10.9 Å². The maximum atomic E-state index is 10.6. The number of aryl methyl sites for hydroxylation is 3. The van der Waals surface area contributed by atoms with Crippen molar-refractivity contribution in [2.75, 3.05) is 0 Å². The Morgan fingerprint density at radius 2 is 1.77 bits per heavy atom. The van der Waals surface area contributed by atoms with Gasteiger partial charge in [-0.3, -0.25) is 0 Å². The minimum absolute atomic E-state index is 0.0875.